The van der Waals surface area contributed by atoms with Crippen LogP contribution in [0, 0.1) is 11.6 Å². The monoisotopic (exact) mass is 348 g/mol. The average molecular weight is 348 g/mol. The third-order valence-electron chi connectivity index (χ3n) is 3.43. The van der Waals surface area contributed by atoms with Crippen molar-refractivity contribution in [1.82, 2.24) is 5.32 Å². The third-order valence-corrected chi connectivity index (χ3v) is 5.49. The highest BCUT2D eigenvalue weighted by molar-refractivity contribution is 6.88. The molecule has 0 radical (unpaired) electrons. The highest BCUT2D eigenvalue weighted by atomic mass is 28.3. The van der Waals surface area contributed by atoms with Gasteiger partial charge < -0.3 is 5.32 Å². The summed E-state index contributed by atoms with van der Waals surface area (Å²) in [5, 5.41) is 5.59. The maximum Gasteiger partial charge on any atom is 0.326 e. The maximum atomic E-state index is 13.5. The SMILES string of the molecule is C[Si](C)(C)c1ccc(NC(=O)NC(=O)c2c(F)cccc2F)cc1. The molecule has 3 amide bonds. The van der Waals surface area contributed by atoms with Crippen LogP contribution in [0.5, 0.6) is 0 Å². The number of carbonyl (C=O) groups is 2. The Labute approximate surface area is 139 Å². The first-order valence-electron chi connectivity index (χ1n) is 7.35. The fraction of sp³-hybridized carbons (Fsp3) is 0.176. The van der Waals surface area contributed by atoms with Crippen LogP contribution in [0.25, 0.3) is 0 Å². The molecule has 0 saturated heterocycles. The summed E-state index contributed by atoms with van der Waals surface area (Å²) >= 11 is 0. The van der Waals surface area contributed by atoms with Crippen LogP contribution in [-0.2, 0) is 0 Å². The van der Waals surface area contributed by atoms with Crippen LogP contribution in [0.1, 0.15) is 10.4 Å². The first-order chi connectivity index (χ1) is 11.2. The van der Waals surface area contributed by atoms with Crippen molar-refractivity contribution in [1.29, 1.82) is 0 Å². The number of benzene rings is 2. The van der Waals surface area contributed by atoms with Gasteiger partial charge in [-0.05, 0) is 24.3 Å². The van der Waals surface area contributed by atoms with Gasteiger partial charge in [0.05, 0.1) is 8.07 Å². The molecule has 2 aromatic carbocycles. The summed E-state index contributed by atoms with van der Waals surface area (Å²) in [4.78, 5) is 23.6. The Morgan fingerprint density at radius 2 is 1.46 bits per heavy atom. The molecule has 2 N–H and O–H groups in total. The minimum Gasteiger partial charge on any atom is -0.308 e. The molecule has 0 saturated carbocycles. The molecule has 126 valence electrons. The molecule has 2 aromatic rings. The second-order valence-electron chi connectivity index (χ2n) is 6.33. The molecule has 7 heteroatoms. The quantitative estimate of drug-likeness (QED) is 0.835. The first-order valence-corrected chi connectivity index (χ1v) is 10.9. The van der Waals surface area contributed by atoms with Crippen molar-refractivity contribution in [3.8, 4) is 0 Å². The van der Waals surface area contributed by atoms with E-state index in [9.17, 15) is 18.4 Å². The fourth-order valence-electron chi connectivity index (χ4n) is 2.10. The summed E-state index contributed by atoms with van der Waals surface area (Å²) in [6.07, 6.45) is 0. The molecule has 0 aliphatic carbocycles. The normalized spacial score (nSPS) is 11.0. The van der Waals surface area contributed by atoms with Gasteiger partial charge in [0.2, 0.25) is 0 Å². The molecular formula is C17H18F2N2O2Si. The van der Waals surface area contributed by atoms with E-state index in [4.69, 9.17) is 0 Å². The second kappa shape index (κ2) is 6.92. The van der Waals surface area contributed by atoms with E-state index in [1.165, 1.54) is 5.19 Å². The van der Waals surface area contributed by atoms with E-state index in [2.05, 4.69) is 25.0 Å². The van der Waals surface area contributed by atoms with Gasteiger partial charge in [0.1, 0.15) is 17.2 Å². The number of hydrogen-bond acceptors (Lipinski definition) is 2. The first kappa shape index (κ1) is 17.8. The van der Waals surface area contributed by atoms with Crippen LogP contribution >= 0.6 is 0 Å². The van der Waals surface area contributed by atoms with Crippen molar-refractivity contribution in [3.05, 3.63) is 59.7 Å². The number of rotatable bonds is 3. The third kappa shape index (κ3) is 4.26. The van der Waals surface area contributed by atoms with Gasteiger partial charge in [-0.3, -0.25) is 10.1 Å². The number of hydrogen-bond donors (Lipinski definition) is 2. The number of carbonyl (C=O) groups excluding carboxylic acids is 2. The van der Waals surface area contributed by atoms with Gasteiger partial charge in [-0.15, -0.1) is 0 Å². The van der Waals surface area contributed by atoms with E-state index >= 15 is 0 Å². The Morgan fingerprint density at radius 3 is 1.96 bits per heavy atom. The molecule has 0 bridgehead atoms. The molecule has 0 aliphatic rings. The zero-order chi connectivity index (χ0) is 17.9. The van der Waals surface area contributed by atoms with Crippen molar-refractivity contribution in [2.24, 2.45) is 0 Å². The fourth-order valence-corrected chi connectivity index (χ4v) is 3.26. The summed E-state index contributed by atoms with van der Waals surface area (Å²) < 4.78 is 27.0. The number of anilines is 1. The van der Waals surface area contributed by atoms with Crippen molar-refractivity contribution in [2.75, 3.05) is 5.32 Å². The lowest BCUT2D eigenvalue weighted by Gasteiger charge is -2.17. The molecule has 0 aliphatic heterocycles. The van der Waals surface area contributed by atoms with E-state index in [0.717, 1.165) is 18.2 Å². The largest absolute Gasteiger partial charge is 0.326 e. The zero-order valence-corrected chi connectivity index (χ0v) is 14.6. The van der Waals surface area contributed by atoms with Gasteiger partial charge in [-0.25, -0.2) is 13.6 Å². The number of imide groups is 1. The van der Waals surface area contributed by atoms with Crippen molar-refractivity contribution in [2.45, 2.75) is 19.6 Å². The Balaban J connectivity index is 2.04. The van der Waals surface area contributed by atoms with E-state index in [1.54, 1.807) is 12.1 Å². The van der Waals surface area contributed by atoms with Gasteiger partial charge in [-0.2, -0.15) is 0 Å². The molecular weight excluding hydrogens is 330 g/mol. The Bertz CT molecular complexity index is 751. The van der Waals surface area contributed by atoms with Crippen LogP contribution in [0.3, 0.4) is 0 Å². The van der Waals surface area contributed by atoms with E-state index in [1.807, 2.05) is 17.4 Å². The van der Waals surface area contributed by atoms with E-state index in [-0.39, 0.29) is 0 Å². The minimum absolute atomic E-state index is 0.483. The van der Waals surface area contributed by atoms with Crippen LogP contribution in [0.2, 0.25) is 19.6 Å². The summed E-state index contributed by atoms with van der Waals surface area (Å²) in [5.41, 5.74) is -0.307. The number of halogens is 2. The minimum atomic E-state index is -1.44. The number of amides is 3. The van der Waals surface area contributed by atoms with Crippen molar-refractivity contribution in [3.63, 3.8) is 0 Å². The van der Waals surface area contributed by atoms with Gasteiger partial charge >= 0.3 is 6.03 Å². The molecule has 4 nitrogen and oxygen atoms in total. The van der Waals surface area contributed by atoms with Crippen molar-refractivity contribution >= 4 is 30.9 Å². The van der Waals surface area contributed by atoms with Gasteiger partial charge in [0.25, 0.3) is 5.91 Å². The Hall–Kier alpha value is -2.54. The highest BCUT2D eigenvalue weighted by Gasteiger charge is 2.19. The smallest absolute Gasteiger partial charge is 0.308 e. The molecule has 0 heterocycles. The lowest BCUT2D eigenvalue weighted by atomic mass is 10.2. The highest BCUT2D eigenvalue weighted by Crippen LogP contribution is 2.12. The van der Waals surface area contributed by atoms with Gasteiger partial charge in [0, 0.05) is 5.69 Å². The Morgan fingerprint density at radius 1 is 0.917 bits per heavy atom. The van der Waals surface area contributed by atoms with Gasteiger partial charge in [-0.1, -0.05) is 43.0 Å². The maximum absolute atomic E-state index is 13.5. The Kier molecular flexibility index (Phi) is 5.13. The second-order valence-corrected chi connectivity index (χ2v) is 11.4. The molecule has 0 atom stereocenters. The summed E-state index contributed by atoms with van der Waals surface area (Å²) in [6, 6.07) is 9.46. The predicted octanol–water partition coefficient (Wildman–Crippen LogP) is 3.47. The molecule has 24 heavy (non-hydrogen) atoms. The lowest BCUT2D eigenvalue weighted by molar-refractivity contribution is 0.0959. The molecule has 0 aromatic heterocycles. The van der Waals surface area contributed by atoms with E-state index < -0.39 is 37.2 Å². The number of nitrogens with one attached hydrogen (secondary N) is 2. The summed E-state index contributed by atoms with van der Waals surface area (Å²) in [6.45, 7) is 6.59. The topological polar surface area (TPSA) is 58.2 Å². The van der Waals surface area contributed by atoms with Crippen molar-refractivity contribution < 1.29 is 18.4 Å². The predicted molar refractivity (Wildman–Crippen MR) is 92.3 cm³/mol. The summed E-state index contributed by atoms with van der Waals surface area (Å²) in [5.74, 6) is -3.19. The number of urea groups is 1. The molecule has 0 fully saturated rings. The van der Waals surface area contributed by atoms with Crippen LogP contribution in [0.15, 0.2) is 42.5 Å². The van der Waals surface area contributed by atoms with Crippen LogP contribution in [-0.4, -0.2) is 20.0 Å². The molecule has 0 spiro atoms. The molecule has 0 unspecified atom stereocenters. The summed E-state index contributed by atoms with van der Waals surface area (Å²) in [7, 11) is -1.44. The standard InChI is InChI=1S/C17H18F2N2O2Si/c1-24(2,3)12-9-7-11(8-10-12)20-17(23)21-16(22)15-13(18)5-4-6-14(15)19/h4-10H,1-3H3,(H2,20,21,22,23). The van der Waals surface area contributed by atoms with E-state index in [0.29, 0.717) is 5.69 Å². The molecule has 2 rings (SSSR count). The van der Waals surface area contributed by atoms with Crippen LogP contribution < -0.4 is 15.8 Å². The zero-order valence-electron chi connectivity index (χ0n) is 13.6. The average Bonchev–Trinajstić information content (AvgIpc) is 2.46. The van der Waals surface area contributed by atoms with Gasteiger partial charge in [0.15, 0.2) is 0 Å². The van der Waals surface area contributed by atoms with Crippen LogP contribution in [0.4, 0.5) is 19.3 Å². The lowest BCUT2D eigenvalue weighted by Crippen LogP contribution is -2.38.